The van der Waals surface area contributed by atoms with Gasteiger partial charge >= 0.3 is 14.0 Å². The average molecular weight is 161 g/mol. The third-order valence-electron chi connectivity index (χ3n) is 1.11. The largest absolute Gasteiger partial charge is 0.542 e. The van der Waals surface area contributed by atoms with Gasteiger partial charge in [0.1, 0.15) is 6.54 Å². The molecular weight excluding hydrogens is 149 g/mol. The van der Waals surface area contributed by atoms with Gasteiger partial charge < -0.3 is 4.65 Å². The van der Waals surface area contributed by atoms with E-state index in [0.29, 0.717) is 0 Å². The SMILES string of the molecule is BOC(=O)CN(S)C(C)C. The summed E-state index contributed by atoms with van der Waals surface area (Å²) in [5, 5.41) is 0. The minimum Gasteiger partial charge on any atom is -0.542 e. The zero-order valence-corrected chi connectivity index (χ0v) is 7.39. The highest BCUT2D eigenvalue weighted by atomic mass is 32.1. The first-order valence-corrected chi connectivity index (χ1v) is 3.50. The second-order valence-electron chi connectivity index (χ2n) is 2.27. The first-order chi connectivity index (χ1) is 4.57. The van der Waals surface area contributed by atoms with Gasteiger partial charge in [-0.15, -0.1) is 0 Å². The Labute approximate surface area is 67.7 Å². The first kappa shape index (κ1) is 9.84. The maximum Gasteiger partial charge on any atom is 0.326 e. The molecule has 0 aliphatic rings. The highest BCUT2D eigenvalue weighted by Gasteiger charge is 2.08. The molecule has 0 radical (unpaired) electrons. The van der Waals surface area contributed by atoms with Crippen LogP contribution in [0.3, 0.4) is 0 Å². The van der Waals surface area contributed by atoms with Gasteiger partial charge in [-0.25, -0.2) is 4.31 Å². The highest BCUT2D eigenvalue weighted by molar-refractivity contribution is 7.77. The van der Waals surface area contributed by atoms with Crippen LogP contribution in [0.5, 0.6) is 0 Å². The molecule has 10 heavy (non-hydrogen) atoms. The van der Waals surface area contributed by atoms with Crippen molar-refractivity contribution in [2.24, 2.45) is 0 Å². The summed E-state index contributed by atoms with van der Waals surface area (Å²) in [5.41, 5.74) is 0. The molecule has 0 bridgehead atoms. The molecule has 0 fully saturated rings. The van der Waals surface area contributed by atoms with Crippen molar-refractivity contribution in [2.75, 3.05) is 6.54 Å². The van der Waals surface area contributed by atoms with E-state index in [1.807, 2.05) is 13.8 Å². The van der Waals surface area contributed by atoms with Crippen molar-refractivity contribution in [3.63, 3.8) is 0 Å². The van der Waals surface area contributed by atoms with Gasteiger partial charge in [-0.1, -0.05) is 12.8 Å². The quantitative estimate of drug-likeness (QED) is 0.452. The molecule has 0 unspecified atom stereocenters. The van der Waals surface area contributed by atoms with E-state index in [-0.39, 0.29) is 18.6 Å². The maximum absolute atomic E-state index is 10.6. The Bertz CT molecular complexity index is 120. The van der Waals surface area contributed by atoms with Crippen molar-refractivity contribution >= 4 is 26.8 Å². The first-order valence-electron chi connectivity index (χ1n) is 3.10. The summed E-state index contributed by atoms with van der Waals surface area (Å²) in [6, 6.07) is 0.252. The van der Waals surface area contributed by atoms with Gasteiger partial charge in [-0.2, -0.15) is 0 Å². The molecule has 0 spiro atoms. The fourth-order valence-electron chi connectivity index (χ4n) is 0.379. The van der Waals surface area contributed by atoms with Gasteiger partial charge in [-0.3, -0.25) is 4.79 Å². The minimum atomic E-state index is -0.260. The Morgan fingerprint density at radius 2 is 2.30 bits per heavy atom. The van der Waals surface area contributed by atoms with Crippen LogP contribution in [0.4, 0.5) is 0 Å². The van der Waals surface area contributed by atoms with Crippen LogP contribution in [0, 0.1) is 0 Å². The molecule has 0 saturated heterocycles. The van der Waals surface area contributed by atoms with Crippen LogP contribution < -0.4 is 0 Å². The normalized spacial score (nSPS) is 10.5. The molecule has 0 rings (SSSR count). The highest BCUT2D eigenvalue weighted by Crippen LogP contribution is 2.00. The Hall–Kier alpha value is -0.155. The molecule has 0 aliphatic carbocycles. The van der Waals surface area contributed by atoms with E-state index >= 15 is 0 Å². The lowest BCUT2D eigenvalue weighted by Crippen LogP contribution is -2.28. The number of hydrogen-bond acceptors (Lipinski definition) is 4. The molecule has 3 nitrogen and oxygen atoms in total. The summed E-state index contributed by atoms with van der Waals surface area (Å²) in [5.74, 6) is -0.260. The van der Waals surface area contributed by atoms with E-state index in [1.165, 1.54) is 8.05 Å². The van der Waals surface area contributed by atoms with Crippen LogP contribution in [0.25, 0.3) is 0 Å². The summed E-state index contributed by atoms with van der Waals surface area (Å²) in [4.78, 5) is 10.6. The molecule has 0 aromatic carbocycles. The van der Waals surface area contributed by atoms with Crippen LogP contribution in [0.2, 0.25) is 0 Å². The topological polar surface area (TPSA) is 29.5 Å². The Balaban J connectivity index is 3.57. The van der Waals surface area contributed by atoms with Gasteiger partial charge in [0.25, 0.3) is 0 Å². The smallest absolute Gasteiger partial charge is 0.326 e. The van der Waals surface area contributed by atoms with Crippen molar-refractivity contribution in [3.8, 4) is 0 Å². The van der Waals surface area contributed by atoms with E-state index in [4.69, 9.17) is 0 Å². The fraction of sp³-hybridized carbons (Fsp3) is 0.800. The number of thiol groups is 1. The van der Waals surface area contributed by atoms with E-state index in [9.17, 15) is 4.79 Å². The third kappa shape index (κ3) is 3.79. The number of carbonyl (C=O) groups is 1. The molecule has 0 saturated carbocycles. The summed E-state index contributed by atoms with van der Waals surface area (Å²) in [6.07, 6.45) is 0. The maximum atomic E-state index is 10.6. The predicted molar refractivity (Wildman–Crippen MR) is 45.5 cm³/mol. The Morgan fingerprint density at radius 1 is 1.80 bits per heavy atom. The number of nitrogens with zero attached hydrogens (tertiary/aromatic N) is 1. The van der Waals surface area contributed by atoms with Crippen molar-refractivity contribution in [1.82, 2.24) is 4.31 Å². The summed E-state index contributed by atoms with van der Waals surface area (Å²) in [6.45, 7) is 4.14. The van der Waals surface area contributed by atoms with Gasteiger partial charge in [0.15, 0.2) is 0 Å². The van der Waals surface area contributed by atoms with Crippen LogP contribution in [-0.4, -0.2) is 30.9 Å². The summed E-state index contributed by atoms with van der Waals surface area (Å²) >= 11 is 4.05. The van der Waals surface area contributed by atoms with Gasteiger partial charge in [-0.05, 0) is 13.8 Å². The molecule has 0 aliphatic heterocycles. The molecule has 0 amide bonds. The van der Waals surface area contributed by atoms with E-state index in [1.54, 1.807) is 4.31 Å². The molecule has 58 valence electrons. The average Bonchev–Trinajstić information content (AvgIpc) is 1.87. The monoisotopic (exact) mass is 161 g/mol. The lowest BCUT2D eigenvalue weighted by Gasteiger charge is -2.17. The molecule has 0 atom stereocenters. The molecule has 0 N–H and O–H groups in total. The molecule has 0 aromatic heterocycles. The van der Waals surface area contributed by atoms with Crippen molar-refractivity contribution in [1.29, 1.82) is 0 Å². The van der Waals surface area contributed by atoms with E-state index in [2.05, 4.69) is 17.5 Å². The van der Waals surface area contributed by atoms with Crippen LogP contribution in [0.15, 0.2) is 0 Å². The molecular formula is C5H12BNO2S. The van der Waals surface area contributed by atoms with Crippen molar-refractivity contribution in [2.45, 2.75) is 19.9 Å². The molecule has 0 aromatic rings. The third-order valence-corrected chi connectivity index (χ3v) is 1.72. The van der Waals surface area contributed by atoms with Crippen molar-refractivity contribution in [3.05, 3.63) is 0 Å². The van der Waals surface area contributed by atoms with Gasteiger partial charge in [0.2, 0.25) is 0 Å². The number of rotatable bonds is 3. The van der Waals surface area contributed by atoms with Gasteiger partial charge in [0.05, 0.1) is 0 Å². The summed E-state index contributed by atoms with van der Waals surface area (Å²) < 4.78 is 6.06. The zero-order valence-electron chi connectivity index (χ0n) is 6.50. The second kappa shape index (κ2) is 4.63. The predicted octanol–water partition coefficient (Wildman–Crippen LogP) is -0.367. The minimum absolute atomic E-state index is 0.233. The molecule has 0 heterocycles. The number of hydrogen-bond donors (Lipinski definition) is 1. The van der Waals surface area contributed by atoms with Crippen molar-refractivity contribution < 1.29 is 9.45 Å². The van der Waals surface area contributed by atoms with Crippen LogP contribution in [-0.2, 0) is 9.45 Å². The lowest BCUT2D eigenvalue weighted by molar-refractivity contribution is -0.134. The Kier molecular flexibility index (Phi) is 4.56. The van der Waals surface area contributed by atoms with Gasteiger partial charge in [0, 0.05) is 6.04 Å². The number of carbonyl (C=O) groups excluding carboxylic acids is 1. The summed E-state index contributed by atoms with van der Waals surface area (Å²) in [7, 11) is 1.37. The second-order valence-corrected chi connectivity index (χ2v) is 2.78. The zero-order chi connectivity index (χ0) is 8.15. The lowest BCUT2D eigenvalue weighted by atomic mass is 10.4. The van der Waals surface area contributed by atoms with E-state index < -0.39 is 0 Å². The molecule has 5 heteroatoms. The van der Waals surface area contributed by atoms with E-state index in [0.717, 1.165) is 0 Å². The Morgan fingerprint density at radius 3 is 2.60 bits per heavy atom. The standard InChI is InChI=1S/C5H12BNO2S/c1-4(2)7(10)3-5(8)9-6/h4,10H,3,6H2,1-2H3. The van der Waals surface area contributed by atoms with Crippen LogP contribution >= 0.6 is 12.8 Å². The fourth-order valence-corrected chi connectivity index (χ4v) is 0.495. The van der Waals surface area contributed by atoms with Crippen LogP contribution in [0.1, 0.15) is 13.8 Å².